The predicted octanol–water partition coefficient (Wildman–Crippen LogP) is 2.37. The zero-order valence-corrected chi connectivity index (χ0v) is 12.1. The van der Waals surface area contributed by atoms with Crippen molar-refractivity contribution in [3.63, 3.8) is 0 Å². The van der Waals surface area contributed by atoms with E-state index in [0.29, 0.717) is 15.2 Å². The number of methoxy groups -OCH3 is 1. The van der Waals surface area contributed by atoms with Crippen LogP contribution < -0.4 is 20.7 Å². The lowest BCUT2D eigenvalue weighted by atomic mass is 10.3. The SMILES string of the molecule is COc1nc(NN)nc(Oc2ccc(Cl)cc2Br)n1. The van der Waals surface area contributed by atoms with Crippen molar-refractivity contribution < 1.29 is 9.47 Å². The number of nitrogen functional groups attached to an aromatic ring is 1. The number of nitrogens with two attached hydrogens (primary N) is 1. The Morgan fingerprint density at radius 2 is 2.00 bits per heavy atom. The third-order valence-electron chi connectivity index (χ3n) is 2.00. The van der Waals surface area contributed by atoms with Gasteiger partial charge >= 0.3 is 12.0 Å². The number of halogens is 2. The Morgan fingerprint density at radius 3 is 2.63 bits per heavy atom. The first-order chi connectivity index (χ1) is 9.12. The van der Waals surface area contributed by atoms with Crippen molar-refractivity contribution in [2.75, 3.05) is 12.5 Å². The highest BCUT2D eigenvalue weighted by molar-refractivity contribution is 9.10. The maximum atomic E-state index is 5.84. The van der Waals surface area contributed by atoms with Gasteiger partial charge in [-0.3, -0.25) is 5.43 Å². The van der Waals surface area contributed by atoms with Crippen LogP contribution in [0.5, 0.6) is 17.8 Å². The average molecular weight is 347 g/mol. The standard InChI is InChI=1S/C10H9BrClN5O2/c1-18-9-14-8(17-13)15-10(16-9)19-7-3-2-5(12)4-6(7)11/h2-4H,13H2,1H3,(H,14,15,16,17). The van der Waals surface area contributed by atoms with Gasteiger partial charge in [-0.2, -0.15) is 9.97 Å². The smallest absolute Gasteiger partial charge is 0.330 e. The number of aromatic nitrogens is 3. The molecule has 0 amide bonds. The zero-order chi connectivity index (χ0) is 13.8. The number of nitrogens with one attached hydrogen (secondary N) is 1. The Labute approximate surface area is 122 Å². The second-order valence-corrected chi connectivity index (χ2v) is 4.54. The topological polar surface area (TPSA) is 95.2 Å². The minimum atomic E-state index is 0.0443. The molecule has 2 rings (SSSR count). The molecule has 1 heterocycles. The quantitative estimate of drug-likeness (QED) is 0.648. The molecule has 9 heteroatoms. The van der Waals surface area contributed by atoms with Gasteiger partial charge in [0.1, 0.15) is 5.75 Å². The van der Waals surface area contributed by atoms with Gasteiger partial charge in [-0.25, -0.2) is 5.84 Å². The maximum Gasteiger partial charge on any atom is 0.330 e. The molecular weight excluding hydrogens is 338 g/mol. The summed E-state index contributed by atoms with van der Waals surface area (Å²) in [4.78, 5) is 11.7. The first-order valence-electron chi connectivity index (χ1n) is 5.02. The van der Waals surface area contributed by atoms with E-state index in [9.17, 15) is 0 Å². The molecule has 2 aromatic rings. The molecule has 0 bridgehead atoms. The summed E-state index contributed by atoms with van der Waals surface area (Å²) in [6.07, 6.45) is 0. The Hall–Kier alpha value is -1.64. The average Bonchev–Trinajstić information content (AvgIpc) is 2.41. The summed E-state index contributed by atoms with van der Waals surface area (Å²) in [7, 11) is 1.43. The van der Waals surface area contributed by atoms with Gasteiger partial charge in [0.05, 0.1) is 11.6 Å². The van der Waals surface area contributed by atoms with E-state index in [-0.39, 0.29) is 18.0 Å². The lowest BCUT2D eigenvalue weighted by Crippen LogP contribution is -2.12. The largest absolute Gasteiger partial charge is 0.467 e. The molecule has 0 saturated carbocycles. The van der Waals surface area contributed by atoms with Gasteiger partial charge in [0.15, 0.2) is 0 Å². The molecule has 1 aromatic carbocycles. The first kappa shape index (κ1) is 13.8. The van der Waals surface area contributed by atoms with E-state index in [1.165, 1.54) is 7.11 Å². The molecule has 0 aliphatic rings. The third kappa shape index (κ3) is 3.43. The van der Waals surface area contributed by atoms with E-state index in [1.54, 1.807) is 18.2 Å². The molecule has 0 saturated heterocycles. The van der Waals surface area contributed by atoms with Gasteiger partial charge in [0, 0.05) is 5.02 Å². The van der Waals surface area contributed by atoms with Crippen LogP contribution in [0.1, 0.15) is 0 Å². The lowest BCUT2D eigenvalue weighted by molar-refractivity contribution is 0.359. The normalized spacial score (nSPS) is 10.1. The Morgan fingerprint density at radius 1 is 1.26 bits per heavy atom. The van der Waals surface area contributed by atoms with Crippen molar-refractivity contribution in [1.29, 1.82) is 0 Å². The van der Waals surface area contributed by atoms with Crippen LogP contribution in [0.3, 0.4) is 0 Å². The number of ether oxygens (including phenoxy) is 2. The van der Waals surface area contributed by atoms with Crippen molar-refractivity contribution in [3.05, 3.63) is 27.7 Å². The van der Waals surface area contributed by atoms with E-state index < -0.39 is 0 Å². The number of hydrogen-bond acceptors (Lipinski definition) is 7. The molecule has 0 aliphatic heterocycles. The molecular formula is C10H9BrClN5O2. The van der Waals surface area contributed by atoms with Crippen molar-refractivity contribution in [1.82, 2.24) is 15.0 Å². The predicted molar refractivity (Wildman–Crippen MR) is 73.4 cm³/mol. The second kappa shape index (κ2) is 6.00. The summed E-state index contributed by atoms with van der Waals surface area (Å²) in [5.74, 6) is 5.88. The van der Waals surface area contributed by atoms with Crippen LogP contribution in [0.4, 0.5) is 5.95 Å². The molecule has 7 nitrogen and oxygen atoms in total. The number of hydrazine groups is 1. The molecule has 0 aliphatic carbocycles. The summed E-state index contributed by atoms with van der Waals surface area (Å²) in [5.41, 5.74) is 2.30. The van der Waals surface area contributed by atoms with Gasteiger partial charge < -0.3 is 9.47 Å². The summed E-state index contributed by atoms with van der Waals surface area (Å²) in [5, 5.41) is 0.580. The van der Waals surface area contributed by atoms with Gasteiger partial charge in [0.25, 0.3) is 0 Å². The third-order valence-corrected chi connectivity index (χ3v) is 2.86. The van der Waals surface area contributed by atoms with Gasteiger partial charge in [-0.15, -0.1) is 4.98 Å². The highest BCUT2D eigenvalue weighted by atomic mass is 79.9. The molecule has 0 atom stereocenters. The van der Waals surface area contributed by atoms with E-state index in [1.807, 2.05) is 0 Å². The second-order valence-electron chi connectivity index (χ2n) is 3.25. The van der Waals surface area contributed by atoms with Crippen molar-refractivity contribution >= 4 is 33.5 Å². The summed E-state index contributed by atoms with van der Waals surface area (Å²) >= 11 is 9.17. The fraction of sp³-hybridized carbons (Fsp3) is 0.100. The highest BCUT2D eigenvalue weighted by Gasteiger charge is 2.10. The number of anilines is 1. The highest BCUT2D eigenvalue weighted by Crippen LogP contribution is 2.31. The molecule has 0 unspecified atom stereocenters. The lowest BCUT2D eigenvalue weighted by Gasteiger charge is -2.08. The van der Waals surface area contributed by atoms with Crippen LogP contribution in [0.25, 0.3) is 0 Å². The zero-order valence-electron chi connectivity index (χ0n) is 9.72. The van der Waals surface area contributed by atoms with Crippen LogP contribution in [-0.4, -0.2) is 22.1 Å². The first-order valence-corrected chi connectivity index (χ1v) is 6.19. The minimum Gasteiger partial charge on any atom is -0.467 e. The van der Waals surface area contributed by atoms with Crippen LogP contribution in [0, 0.1) is 0 Å². The van der Waals surface area contributed by atoms with Crippen molar-refractivity contribution in [3.8, 4) is 17.8 Å². The summed E-state index contributed by atoms with van der Waals surface area (Å²) in [6.45, 7) is 0. The van der Waals surface area contributed by atoms with Gasteiger partial charge in [-0.05, 0) is 34.1 Å². The molecule has 100 valence electrons. The molecule has 0 radical (unpaired) electrons. The number of rotatable bonds is 4. The van der Waals surface area contributed by atoms with Crippen LogP contribution in [-0.2, 0) is 0 Å². The fourth-order valence-corrected chi connectivity index (χ4v) is 1.96. The number of hydrogen-bond donors (Lipinski definition) is 2. The molecule has 1 aromatic heterocycles. The van der Waals surface area contributed by atoms with E-state index in [2.05, 4.69) is 36.3 Å². The Bertz CT molecular complexity index is 576. The van der Waals surface area contributed by atoms with Crippen LogP contribution >= 0.6 is 27.5 Å². The van der Waals surface area contributed by atoms with Gasteiger partial charge in [-0.1, -0.05) is 11.6 Å². The fourth-order valence-electron chi connectivity index (χ4n) is 1.20. The minimum absolute atomic E-state index is 0.0443. The summed E-state index contributed by atoms with van der Waals surface area (Å²) in [6, 6.07) is 5.18. The van der Waals surface area contributed by atoms with Crippen LogP contribution in [0.15, 0.2) is 22.7 Å². The number of benzene rings is 1. The van der Waals surface area contributed by atoms with E-state index >= 15 is 0 Å². The van der Waals surface area contributed by atoms with Crippen molar-refractivity contribution in [2.24, 2.45) is 5.84 Å². The molecule has 19 heavy (non-hydrogen) atoms. The monoisotopic (exact) mass is 345 g/mol. The number of nitrogens with zero attached hydrogens (tertiary/aromatic N) is 3. The molecule has 0 fully saturated rings. The van der Waals surface area contributed by atoms with E-state index in [0.717, 1.165) is 0 Å². The van der Waals surface area contributed by atoms with Crippen LogP contribution in [0.2, 0.25) is 5.02 Å². The molecule has 3 N–H and O–H groups in total. The summed E-state index contributed by atoms with van der Waals surface area (Å²) < 4.78 is 11.1. The Kier molecular flexibility index (Phi) is 4.35. The van der Waals surface area contributed by atoms with Crippen molar-refractivity contribution in [2.45, 2.75) is 0 Å². The van der Waals surface area contributed by atoms with Gasteiger partial charge in [0.2, 0.25) is 5.95 Å². The Balaban J connectivity index is 2.31. The van der Waals surface area contributed by atoms with E-state index in [4.69, 9.17) is 26.9 Å². The molecule has 0 spiro atoms. The maximum absolute atomic E-state index is 5.84.